The molecule has 1 aliphatic heterocycles. The fourth-order valence-electron chi connectivity index (χ4n) is 4.44. The number of rotatable bonds is 5. The first-order valence-corrected chi connectivity index (χ1v) is 10.2. The predicted octanol–water partition coefficient (Wildman–Crippen LogP) is 3.49. The van der Waals surface area contributed by atoms with Gasteiger partial charge in [-0.25, -0.2) is 0 Å². The second-order valence-electron chi connectivity index (χ2n) is 8.20. The molecule has 0 bridgehead atoms. The van der Waals surface area contributed by atoms with E-state index in [2.05, 4.69) is 57.8 Å². The zero-order chi connectivity index (χ0) is 19.1. The minimum atomic E-state index is -0.00902. The van der Waals surface area contributed by atoms with Crippen LogP contribution >= 0.6 is 12.4 Å². The summed E-state index contributed by atoms with van der Waals surface area (Å²) < 4.78 is 1.82. The van der Waals surface area contributed by atoms with Crippen LogP contribution in [0.5, 0.6) is 0 Å². The van der Waals surface area contributed by atoms with Crippen LogP contribution in [0.4, 0.5) is 0 Å². The number of carbonyl (C=O) groups excluding carboxylic acids is 1. The Labute approximate surface area is 177 Å². The highest BCUT2D eigenvalue weighted by molar-refractivity contribution is 5.85. The Bertz CT molecular complexity index is 1010. The van der Waals surface area contributed by atoms with E-state index in [0.717, 1.165) is 31.5 Å². The topological polar surface area (TPSA) is 50.2 Å². The molecule has 1 saturated carbocycles. The Morgan fingerprint density at radius 1 is 1.17 bits per heavy atom. The minimum absolute atomic E-state index is 0. The van der Waals surface area contributed by atoms with Gasteiger partial charge in [0, 0.05) is 44.8 Å². The molecule has 152 valence electrons. The van der Waals surface area contributed by atoms with Gasteiger partial charge in [0.2, 0.25) is 5.91 Å². The van der Waals surface area contributed by atoms with E-state index in [4.69, 9.17) is 0 Å². The number of aryl methyl sites for hydroxylation is 1. The van der Waals surface area contributed by atoms with E-state index in [-0.39, 0.29) is 30.2 Å². The van der Waals surface area contributed by atoms with Gasteiger partial charge in [0.05, 0.1) is 12.1 Å². The van der Waals surface area contributed by atoms with Crippen LogP contribution in [0.25, 0.3) is 10.8 Å². The minimum Gasteiger partial charge on any atom is -0.335 e. The lowest BCUT2D eigenvalue weighted by Crippen LogP contribution is -2.39. The molecule has 2 atom stereocenters. The van der Waals surface area contributed by atoms with E-state index in [9.17, 15) is 4.79 Å². The fraction of sp³-hybridized carbons (Fsp3) is 0.391. The van der Waals surface area contributed by atoms with Crippen LogP contribution in [-0.4, -0.2) is 39.7 Å². The molecule has 1 N–H and O–H groups in total. The normalized spacial score (nSPS) is 21.1. The Hall–Kier alpha value is -2.37. The van der Waals surface area contributed by atoms with Gasteiger partial charge < -0.3 is 10.2 Å². The molecule has 1 aliphatic carbocycles. The molecule has 1 amide bonds. The van der Waals surface area contributed by atoms with Crippen molar-refractivity contribution in [3.8, 4) is 0 Å². The molecule has 5 rings (SSSR count). The lowest BCUT2D eigenvalue weighted by atomic mass is 9.89. The third kappa shape index (κ3) is 4.02. The second-order valence-corrected chi connectivity index (χ2v) is 8.20. The molecule has 1 aromatic heterocycles. The highest BCUT2D eigenvalue weighted by Gasteiger charge is 2.41. The lowest BCUT2D eigenvalue weighted by molar-refractivity contribution is -0.136. The molecule has 0 unspecified atom stereocenters. The molecule has 2 aliphatic rings. The maximum Gasteiger partial charge on any atom is 0.228 e. The lowest BCUT2D eigenvalue weighted by Gasteiger charge is -2.28. The first kappa shape index (κ1) is 19.9. The molecule has 2 fully saturated rings. The number of fused-ring (bicyclic) bond motifs is 1. The number of nitrogens with zero attached hydrogens (tertiary/aromatic N) is 3. The third-order valence-electron chi connectivity index (χ3n) is 6.12. The van der Waals surface area contributed by atoms with Crippen LogP contribution < -0.4 is 5.32 Å². The van der Waals surface area contributed by atoms with Crippen molar-refractivity contribution >= 4 is 29.1 Å². The number of aromatic nitrogens is 2. The van der Waals surface area contributed by atoms with Crippen LogP contribution in [0.2, 0.25) is 0 Å². The maximum atomic E-state index is 13.5. The van der Waals surface area contributed by atoms with Gasteiger partial charge in [0.15, 0.2) is 0 Å². The summed E-state index contributed by atoms with van der Waals surface area (Å²) in [4.78, 5) is 15.7. The van der Waals surface area contributed by atoms with Crippen LogP contribution in [-0.2, 0) is 18.4 Å². The summed E-state index contributed by atoms with van der Waals surface area (Å²) in [5.41, 5.74) is 2.37. The maximum absolute atomic E-state index is 13.5. The highest BCUT2D eigenvalue weighted by atomic mass is 35.5. The molecule has 6 heteroatoms. The SMILES string of the molecule is Cl.Cn1cc([C@H]2CNC[C@@H]2C(=O)N(Cc2ccc3ccccc3c2)C2CC2)cn1. The first-order chi connectivity index (χ1) is 13.7. The summed E-state index contributed by atoms with van der Waals surface area (Å²) in [6, 6.07) is 15.4. The quantitative estimate of drug-likeness (QED) is 0.700. The Balaban J connectivity index is 0.00000205. The Morgan fingerprint density at radius 3 is 2.69 bits per heavy atom. The summed E-state index contributed by atoms with van der Waals surface area (Å²) in [7, 11) is 1.93. The zero-order valence-corrected chi connectivity index (χ0v) is 17.4. The average molecular weight is 411 g/mol. The number of amides is 1. The summed E-state index contributed by atoms with van der Waals surface area (Å²) in [5.74, 6) is 0.485. The summed E-state index contributed by atoms with van der Waals surface area (Å²) in [5, 5.41) is 10.2. The number of benzene rings is 2. The van der Waals surface area contributed by atoms with Gasteiger partial charge in [-0.2, -0.15) is 5.10 Å². The van der Waals surface area contributed by atoms with E-state index < -0.39 is 0 Å². The summed E-state index contributed by atoms with van der Waals surface area (Å²) >= 11 is 0. The molecule has 0 radical (unpaired) electrons. The average Bonchev–Trinajstić information content (AvgIpc) is 3.27. The van der Waals surface area contributed by atoms with Crippen molar-refractivity contribution in [3.05, 3.63) is 66.0 Å². The van der Waals surface area contributed by atoms with Gasteiger partial charge in [-0.3, -0.25) is 9.48 Å². The number of hydrogen-bond acceptors (Lipinski definition) is 3. The Kier molecular flexibility index (Phi) is 5.61. The van der Waals surface area contributed by atoms with Crippen molar-refractivity contribution in [3.63, 3.8) is 0 Å². The van der Waals surface area contributed by atoms with Crippen molar-refractivity contribution < 1.29 is 4.79 Å². The predicted molar refractivity (Wildman–Crippen MR) is 117 cm³/mol. The molecular weight excluding hydrogens is 384 g/mol. The van der Waals surface area contributed by atoms with Crippen molar-refractivity contribution in [2.24, 2.45) is 13.0 Å². The Morgan fingerprint density at radius 2 is 1.97 bits per heavy atom. The van der Waals surface area contributed by atoms with Crippen molar-refractivity contribution in [1.82, 2.24) is 20.0 Å². The van der Waals surface area contributed by atoms with Crippen LogP contribution in [0.15, 0.2) is 54.9 Å². The summed E-state index contributed by atoms with van der Waals surface area (Å²) in [6.07, 6.45) is 6.19. The highest BCUT2D eigenvalue weighted by Crippen LogP contribution is 2.35. The van der Waals surface area contributed by atoms with Crippen molar-refractivity contribution in [2.45, 2.75) is 31.3 Å². The van der Waals surface area contributed by atoms with Gasteiger partial charge in [-0.05, 0) is 40.8 Å². The standard InChI is InChI=1S/C23H26N4O.ClH/c1-26-15-19(11-25-26)21-12-24-13-22(21)23(28)27(20-8-9-20)14-16-6-7-17-4-2-3-5-18(17)10-16;/h2-7,10-11,15,20-22,24H,8-9,12-14H2,1H3;1H/t21-,22+;/m1./s1. The molecule has 5 nitrogen and oxygen atoms in total. The van der Waals surface area contributed by atoms with Crippen LogP contribution in [0.3, 0.4) is 0 Å². The number of halogens is 1. The monoisotopic (exact) mass is 410 g/mol. The van der Waals surface area contributed by atoms with Gasteiger partial charge in [0.25, 0.3) is 0 Å². The van der Waals surface area contributed by atoms with Gasteiger partial charge in [0.1, 0.15) is 0 Å². The zero-order valence-electron chi connectivity index (χ0n) is 16.6. The molecule has 3 aromatic rings. The van der Waals surface area contributed by atoms with E-state index >= 15 is 0 Å². The molecular formula is C23H27ClN4O. The molecule has 2 heterocycles. The summed E-state index contributed by atoms with van der Waals surface area (Å²) in [6.45, 7) is 2.29. The van der Waals surface area contributed by atoms with Crippen LogP contribution in [0, 0.1) is 5.92 Å². The van der Waals surface area contributed by atoms with Crippen LogP contribution in [0.1, 0.15) is 29.9 Å². The molecule has 1 saturated heterocycles. The molecule has 29 heavy (non-hydrogen) atoms. The first-order valence-electron chi connectivity index (χ1n) is 10.2. The second kappa shape index (κ2) is 8.17. The molecule has 0 spiro atoms. The van der Waals surface area contributed by atoms with Crippen molar-refractivity contribution in [1.29, 1.82) is 0 Å². The van der Waals surface area contributed by atoms with Gasteiger partial charge in [-0.1, -0.05) is 36.4 Å². The van der Waals surface area contributed by atoms with E-state index in [1.54, 1.807) is 0 Å². The van der Waals surface area contributed by atoms with Gasteiger partial charge in [-0.15, -0.1) is 12.4 Å². The number of nitrogens with one attached hydrogen (secondary N) is 1. The number of carbonyl (C=O) groups is 1. The van der Waals surface area contributed by atoms with E-state index in [1.807, 2.05) is 24.1 Å². The molecule has 2 aromatic carbocycles. The number of hydrogen-bond donors (Lipinski definition) is 1. The van der Waals surface area contributed by atoms with Crippen molar-refractivity contribution in [2.75, 3.05) is 13.1 Å². The van der Waals surface area contributed by atoms with E-state index in [0.29, 0.717) is 12.6 Å². The third-order valence-corrected chi connectivity index (χ3v) is 6.12. The largest absolute Gasteiger partial charge is 0.335 e. The van der Waals surface area contributed by atoms with E-state index in [1.165, 1.54) is 16.3 Å². The fourth-order valence-corrected chi connectivity index (χ4v) is 4.44. The van der Waals surface area contributed by atoms with Gasteiger partial charge >= 0.3 is 0 Å². The smallest absolute Gasteiger partial charge is 0.228 e.